The molecule has 4 nitrogen and oxygen atoms in total. The van der Waals surface area contributed by atoms with Crippen molar-refractivity contribution in [1.29, 1.82) is 0 Å². The van der Waals surface area contributed by atoms with Gasteiger partial charge in [0.2, 0.25) is 0 Å². The molecule has 0 aliphatic carbocycles. The van der Waals surface area contributed by atoms with Crippen molar-refractivity contribution < 1.29 is 9.59 Å². The number of hydrogen-bond acceptors (Lipinski definition) is 3. The molecule has 0 unspecified atom stereocenters. The Morgan fingerprint density at radius 2 is 1.41 bits per heavy atom. The number of para-hydroxylation sites is 1. The van der Waals surface area contributed by atoms with Crippen LogP contribution in [0.3, 0.4) is 0 Å². The van der Waals surface area contributed by atoms with Crippen molar-refractivity contribution in [3.63, 3.8) is 0 Å². The van der Waals surface area contributed by atoms with E-state index in [1.54, 1.807) is 12.1 Å². The number of imide groups is 1. The van der Waals surface area contributed by atoms with Gasteiger partial charge in [0.05, 0.1) is 11.4 Å². The van der Waals surface area contributed by atoms with E-state index in [4.69, 9.17) is 23.2 Å². The molecular formula is C27H20Cl2N2O2S. The molecular weight excluding hydrogens is 487 g/mol. The first-order valence-electron chi connectivity index (χ1n) is 10.7. The zero-order chi connectivity index (χ0) is 23.8. The van der Waals surface area contributed by atoms with Crippen LogP contribution in [0.4, 0.5) is 4.79 Å². The van der Waals surface area contributed by atoms with E-state index in [2.05, 4.69) is 10.6 Å². The van der Waals surface area contributed by atoms with Gasteiger partial charge in [0.25, 0.3) is 11.1 Å². The highest BCUT2D eigenvalue weighted by atomic mass is 35.5. The molecule has 1 aromatic heterocycles. The average molecular weight is 507 g/mol. The molecule has 34 heavy (non-hydrogen) atoms. The fourth-order valence-corrected chi connectivity index (χ4v) is 5.23. The van der Waals surface area contributed by atoms with Crippen LogP contribution in [0.2, 0.25) is 10.0 Å². The summed E-state index contributed by atoms with van der Waals surface area (Å²) < 4.78 is 2.22. The lowest BCUT2D eigenvalue weighted by atomic mass is 10.1. The van der Waals surface area contributed by atoms with E-state index in [1.165, 1.54) is 4.90 Å². The zero-order valence-electron chi connectivity index (χ0n) is 18.3. The van der Waals surface area contributed by atoms with Crippen LogP contribution < -0.4 is 0 Å². The fourth-order valence-electron chi connectivity index (χ4n) is 4.16. The van der Waals surface area contributed by atoms with E-state index < -0.39 is 0 Å². The average Bonchev–Trinajstić information content (AvgIpc) is 3.25. The van der Waals surface area contributed by atoms with E-state index in [-0.39, 0.29) is 17.7 Å². The van der Waals surface area contributed by atoms with Gasteiger partial charge in [-0.3, -0.25) is 14.5 Å². The first-order valence-corrected chi connectivity index (χ1v) is 12.3. The SMILES string of the molecule is Cc1c(/C=C2/SC(=O)N(Cc3ccc(Cl)cc3)C2=O)c2ccccc2n1Cc1ccc(Cl)cc1. The molecule has 0 spiro atoms. The topological polar surface area (TPSA) is 42.3 Å². The minimum absolute atomic E-state index is 0.219. The molecule has 0 saturated carbocycles. The van der Waals surface area contributed by atoms with Gasteiger partial charge < -0.3 is 4.57 Å². The highest BCUT2D eigenvalue weighted by molar-refractivity contribution is 8.18. The van der Waals surface area contributed by atoms with Crippen LogP contribution in [-0.2, 0) is 17.9 Å². The Morgan fingerprint density at radius 1 is 0.824 bits per heavy atom. The predicted octanol–water partition coefficient (Wildman–Crippen LogP) is 7.54. The molecule has 1 aliphatic heterocycles. The second-order valence-electron chi connectivity index (χ2n) is 8.12. The van der Waals surface area contributed by atoms with Gasteiger partial charge >= 0.3 is 0 Å². The number of carbonyl (C=O) groups is 2. The van der Waals surface area contributed by atoms with Crippen molar-refractivity contribution in [2.24, 2.45) is 0 Å². The molecule has 7 heteroatoms. The van der Waals surface area contributed by atoms with Crippen LogP contribution >= 0.6 is 35.0 Å². The molecule has 1 aliphatic rings. The summed E-state index contributed by atoms with van der Waals surface area (Å²) in [6.45, 7) is 2.94. The van der Waals surface area contributed by atoms with Crippen molar-refractivity contribution in [2.45, 2.75) is 20.0 Å². The number of hydrogen-bond donors (Lipinski definition) is 0. The second-order valence-corrected chi connectivity index (χ2v) is 9.99. The van der Waals surface area contributed by atoms with Crippen LogP contribution in [0.25, 0.3) is 17.0 Å². The monoisotopic (exact) mass is 506 g/mol. The maximum absolute atomic E-state index is 13.1. The molecule has 170 valence electrons. The molecule has 0 bridgehead atoms. The first-order chi connectivity index (χ1) is 16.4. The lowest BCUT2D eigenvalue weighted by Crippen LogP contribution is -2.27. The summed E-state index contributed by atoms with van der Waals surface area (Å²) in [5.74, 6) is -0.279. The third-order valence-electron chi connectivity index (χ3n) is 5.94. The molecule has 2 amide bonds. The number of rotatable bonds is 5. The van der Waals surface area contributed by atoms with Gasteiger partial charge in [0.15, 0.2) is 0 Å². The maximum atomic E-state index is 13.1. The van der Waals surface area contributed by atoms with Gasteiger partial charge in [-0.2, -0.15) is 0 Å². The van der Waals surface area contributed by atoms with Crippen molar-refractivity contribution in [1.82, 2.24) is 9.47 Å². The lowest BCUT2D eigenvalue weighted by Gasteiger charge is -2.12. The maximum Gasteiger partial charge on any atom is 0.293 e. The number of aromatic nitrogens is 1. The van der Waals surface area contributed by atoms with Crippen molar-refractivity contribution in [3.05, 3.63) is 110 Å². The van der Waals surface area contributed by atoms with Crippen LogP contribution in [0.1, 0.15) is 22.4 Å². The summed E-state index contributed by atoms with van der Waals surface area (Å²) in [5.41, 5.74) is 5.02. The normalized spacial score (nSPS) is 15.1. The fraction of sp³-hybridized carbons (Fsp3) is 0.111. The zero-order valence-corrected chi connectivity index (χ0v) is 20.6. The summed E-state index contributed by atoms with van der Waals surface area (Å²) in [4.78, 5) is 27.5. The molecule has 0 radical (unpaired) electrons. The van der Waals surface area contributed by atoms with Crippen molar-refractivity contribution in [2.75, 3.05) is 0 Å². The van der Waals surface area contributed by atoms with E-state index >= 15 is 0 Å². The Labute approximate surface area is 211 Å². The third kappa shape index (κ3) is 4.39. The van der Waals surface area contributed by atoms with E-state index in [1.807, 2.05) is 67.6 Å². The van der Waals surface area contributed by atoms with Gasteiger partial charge in [-0.05, 0) is 66.2 Å². The van der Waals surface area contributed by atoms with E-state index in [9.17, 15) is 9.59 Å². The van der Waals surface area contributed by atoms with Gasteiger partial charge in [-0.15, -0.1) is 0 Å². The standard InChI is InChI=1S/C27H20Cl2N2O2S/c1-17-23(14-25-26(32)31(27(33)34-25)16-19-8-12-21(29)13-9-19)22-4-2-3-5-24(22)30(17)15-18-6-10-20(28)11-7-18/h2-14H,15-16H2,1H3/b25-14+. The Kier molecular flexibility index (Phi) is 6.26. The molecule has 0 N–H and O–H groups in total. The summed E-state index contributed by atoms with van der Waals surface area (Å²) >= 11 is 13.0. The Morgan fingerprint density at radius 3 is 2.06 bits per heavy atom. The second kappa shape index (κ2) is 9.34. The predicted molar refractivity (Wildman–Crippen MR) is 140 cm³/mol. The van der Waals surface area contributed by atoms with Crippen LogP contribution in [0.15, 0.2) is 77.7 Å². The Hall–Kier alpha value is -2.99. The molecule has 2 heterocycles. The summed E-state index contributed by atoms with van der Waals surface area (Å²) in [6.07, 6.45) is 1.85. The highest BCUT2D eigenvalue weighted by Crippen LogP contribution is 2.36. The summed E-state index contributed by atoms with van der Waals surface area (Å²) in [5, 5.41) is 2.09. The Bertz CT molecular complexity index is 1440. The molecule has 1 fully saturated rings. The summed E-state index contributed by atoms with van der Waals surface area (Å²) in [7, 11) is 0. The number of amides is 2. The van der Waals surface area contributed by atoms with Crippen molar-refractivity contribution >= 4 is 63.1 Å². The van der Waals surface area contributed by atoms with E-state index in [0.717, 1.165) is 45.0 Å². The largest absolute Gasteiger partial charge is 0.340 e. The van der Waals surface area contributed by atoms with Crippen LogP contribution in [0, 0.1) is 6.92 Å². The first kappa shape index (κ1) is 22.8. The number of nitrogens with zero attached hydrogens (tertiary/aromatic N) is 2. The third-order valence-corrected chi connectivity index (χ3v) is 7.35. The van der Waals surface area contributed by atoms with Crippen LogP contribution in [-0.4, -0.2) is 20.6 Å². The minimum atomic E-state index is -0.279. The van der Waals surface area contributed by atoms with Gasteiger partial charge in [-0.25, -0.2) is 0 Å². The Balaban J connectivity index is 1.49. The quantitative estimate of drug-likeness (QED) is 0.262. The van der Waals surface area contributed by atoms with Crippen LogP contribution in [0.5, 0.6) is 0 Å². The highest BCUT2D eigenvalue weighted by Gasteiger charge is 2.35. The van der Waals surface area contributed by atoms with E-state index in [0.29, 0.717) is 21.5 Å². The smallest absolute Gasteiger partial charge is 0.293 e. The number of benzene rings is 3. The number of fused-ring (bicyclic) bond motifs is 1. The van der Waals surface area contributed by atoms with Crippen molar-refractivity contribution in [3.8, 4) is 0 Å². The lowest BCUT2D eigenvalue weighted by molar-refractivity contribution is -0.123. The van der Waals surface area contributed by atoms with Gasteiger partial charge in [0.1, 0.15) is 0 Å². The number of halogens is 2. The molecule has 1 saturated heterocycles. The molecule has 4 aromatic rings. The van der Waals surface area contributed by atoms with Gasteiger partial charge in [-0.1, -0.05) is 65.7 Å². The molecule has 3 aromatic carbocycles. The number of carbonyl (C=O) groups excluding carboxylic acids is 2. The molecule has 5 rings (SSSR count). The molecule has 0 atom stereocenters. The summed E-state index contributed by atoms with van der Waals surface area (Å²) in [6, 6.07) is 23.1. The van der Waals surface area contributed by atoms with Gasteiger partial charge in [0, 0.05) is 38.8 Å². The minimum Gasteiger partial charge on any atom is -0.340 e. The number of thioether (sulfide) groups is 1.